The van der Waals surface area contributed by atoms with Crippen LogP contribution in [-0.2, 0) is 0 Å². The topological polar surface area (TPSA) is 38.9 Å². The summed E-state index contributed by atoms with van der Waals surface area (Å²) >= 11 is 1.34. The van der Waals surface area contributed by atoms with Gasteiger partial charge in [-0.15, -0.1) is 11.3 Å². The van der Waals surface area contributed by atoms with Crippen molar-refractivity contribution in [1.29, 1.82) is 0 Å². The molecule has 5 heteroatoms. The first-order valence-electron chi connectivity index (χ1n) is 3.81. The minimum Gasteiger partial charge on any atom is -0.396 e. The number of nitrogen functional groups attached to an aromatic ring is 1. The van der Waals surface area contributed by atoms with Gasteiger partial charge in [0.1, 0.15) is 11.6 Å². The fourth-order valence-electron chi connectivity index (χ4n) is 1.11. The normalized spacial score (nSPS) is 10.4. The van der Waals surface area contributed by atoms with Gasteiger partial charge in [0.2, 0.25) is 0 Å². The number of benzene rings is 1. The van der Waals surface area contributed by atoms with Gasteiger partial charge >= 0.3 is 0 Å². The Kier molecular flexibility index (Phi) is 2.17. The summed E-state index contributed by atoms with van der Waals surface area (Å²) in [5, 5.41) is 1.68. The molecule has 0 atom stereocenters. The number of halogens is 2. The van der Waals surface area contributed by atoms with Crippen molar-refractivity contribution in [3.8, 4) is 11.3 Å². The molecule has 14 heavy (non-hydrogen) atoms. The fraction of sp³-hybridized carbons (Fsp3) is 0. The summed E-state index contributed by atoms with van der Waals surface area (Å²) in [4.78, 5) is 3.92. The number of anilines is 1. The van der Waals surface area contributed by atoms with E-state index in [1.807, 2.05) is 0 Å². The number of aromatic nitrogens is 1. The quantitative estimate of drug-likeness (QED) is 0.738. The molecule has 0 aliphatic heterocycles. The summed E-state index contributed by atoms with van der Waals surface area (Å²) < 4.78 is 26.1. The number of nitrogens with zero attached hydrogens (tertiary/aromatic N) is 1. The molecule has 0 bridgehead atoms. The molecule has 1 aromatic heterocycles. The average molecular weight is 212 g/mol. The first kappa shape index (κ1) is 9.08. The molecule has 1 aromatic carbocycles. The SMILES string of the molecule is Nc1cc(-c2cscn2)c(F)cc1F. The molecule has 2 rings (SSSR count). The molecule has 0 fully saturated rings. The van der Waals surface area contributed by atoms with E-state index in [9.17, 15) is 8.78 Å². The van der Waals surface area contributed by atoms with Crippen molar-refractivity contribution in [2.75, 3.05) is 5.73 Å². The van der Waals surface area contributed by atoms with E-state index < -0.39 is 11.6 Å². The molecule has 2 nitrogen and oxygen atoms in total. The van der Waals surface area contributed by atoms with Crippen molar-refractivity contribution in [1.82, 2.24) is 4.98 Å². The highest BCUT2D eigenvalue weighted by Gasteiger charge is 2.10. The summed E-state index contributed by atoms with van der Waals surface area (Å²) in [6.07, 6.45) is 0. The minimum atomic E-state index is -0.749. The van der Waals surface area contributed by atoms with Crippen molar-refractivity contribution in [3.63, 3.8) is 0 Å². The van der Waals surface area contributed by atoms with Gasteiger partial charge in [0.05, 0.1) is 16.9 Å². The lowest BCUT2D eigenvalue weighted by Crippen LogP contribution is -1.94. The molecule has 0 aliphatic carbocycles. The third-order valence-electron chi connectivity index (χ3n) is 1.79. The maximum Gasteiger partial charge on any atom is 0.149 e. The van der Waals surface area contributed by atoms with Gasteiger partial charge in [0.25, 0.3) is 0 Å². The third-order valence-corrected chi connectivity index (χ3v) is 2.38. The predicted octanol–water partition coefficient (Wildman–Crippen LogP) is 2.67. The van der Waals surface area contributed by atoms with E-state index in [4.69, 9.17) is 5.73 Å². The van der Waals surface area contributed by atoms with Crippen LogP contribution in [-0.4, -0.2) is 4.98 Å². The molecule has 0 radical (unpaired) electrons. The van der Waals surface area contributed by atoms with Crippen molar-refractivity contribution >= 4 is 17.0 Å². The van der Waals surface area contributed by atoms with Gasteiger partial charge in [-0.1, -0.05) is 0 Å². The van der Waals surface area contributed by atoms with Gasteiger partial charge in [0.15, 0.2) is 0 Å². The fourth-order valence-corrected chi connectivity index (χ4v) is 1.66. The largest absolute Gasteiger partial charge is 0.396 e. The predicted molar refractivity (Wildman–Crippen MR) is 51.9 cm³/mol. The smallest absolute Gasteiger partial charge is 0.149 e. The van der Waals surface area contributed by atoms with Crippen LogP contribution in [0.15, 0.2) is 23.0 Å². The highest BCUT2D eigenvalue weighted by atomic mass is 32.1. The van der Waals surface area contributed by atoms with Crippen LogP contribution >= 0.6 is 11.3 Å². The molecule has 2 aromatic rings. The Hall–Kier alpha value is -1.49. The summed E-state index contributed by atoms with van der Waals surface area (Å²) in [5.74, 6) is -1.40. The van der Waals surface area contributed by atoms with Gasteiger partial charge in [0, 0.05) is 17.0 Å². The van der Waals surface area contributed by atoms with E-state index in [1.165, 1.54) is 17.4 Å². The Labute approximate surface area is 83.0 Å². The van der Waals surface area contributed by atoms with Gasteiger partial charge in [-0.3, -0.25) is 0 Å². The summed E-state index contributed by atoms with van der Waals surface area (Å²) in [6.45, 7) is 0. The van der Waals surface area contributed by atoms with Crippen molar-refractivity contribution in [3.05, 3.63) is 34.7 Å². The van der Waals surface area contributed by atoms with Gasteiger partial charge in [-0.2, -0.15) is 0 Å². The van der Waals surface area contributed by atoms with Crippen LogP contribution in [0.25, 0.3) is 11.3 Å². The van der Waals surface area contributed by atoms with Crippen LogP contribution in [0.1, 0.15) is 0 Å². The molecule has 0 saturated carbocycles. The Bertz CT molecular complexity index is 454. The second-order valence-corrected chi connectivity index (χ2v) is 3.45. The summed E-state index contributed by atoms with van der Waals surface area (Å²) in [6, 6.07) is 2.02. The molecule has 72 valence electrons. The van der Waals surface area contributed by atoms with E-state index in [0.29, 0.717) is 5.69 Å². The zero-order valence-corrected chi connectivity index (χ0v) is 7.81. The van der Waals surface area contributed by atoms with Gasteiger partial charge < -0.3 is 5.73 Å². The van der Waals surface area contributed by atoms with Crippen molar-refractivity contribution in [2.24, 2.45) is 0 Å². The van der Waals surface area contributed by atoms with Crippen LogP contribution in [0, 0.1) is 11.6 Å². The molecule has 1 heterocycles. The third kappa shape index (κ3) is 1.46. The van der Waals surface area contributed by atoms with E-state index in [0.717, 1.165) is 6.07 Å². The molecule has 0 spiro atoms. The highest BCUT2D eigenvalue weighted by Crippen LogP contribution is 2.26. The summed E-state index contributed by atoms with van der Waals surface area (Å²) in [5.41, 5.74) is 7.53. The van der Waals surface area contributed by atoms with Crippen LogP contribution in [0.4, 0.5) is 14.5 Å². The van der Waals surface area contributed by atoms with E-state index in [1.54, 1.807) is 10.9 Å². The Balaban J connectivity index is 2.60. The Morgan fingerprint density at radius 2 is 2.00 bits per heavy atom. The van der Waals surface area contributed by atoms with E-state index in [2.05, 4.69) is 4.98 Å². The number of rotatable bonds is 1. The number of thiazole rings is 1. The van der Waals surface area contributed by atoms with Gasteiger partial charge in [-0.25, -0.2) is 13.8 Å². The molecule has 0 amide bonds. The molecule has 2 N–H and O–H groups in total. The zero-order chi connectivity index (χ0) is 10.1. The lowest BCUT2D eigenvalue weighted by molar-refractivity contribution is 0.588. The van der Waals surface area contributed by atoms with Crippen molar-refractivity contribution < 1.29 is 8.78 Å². The molecule has 0 unspecified atom stereocenters. The zero-order valence-electron chi connectivity index (χ0n) is 7.00. The number of hydrogen-bond acceptors (Lipinski definition) is 3. The average Bonchev–Trinajstić information content (AvgIpc) is 2.64. The standard InChI is InChI=1S/C9H6F2N2S/c10-6-2-7(11)8(12)1-5(6)9-3-14-4-13-9/h1-4H,12H2. The number of nitrogens with two attached hydrogens (primary N) is 1. The Morgan fingerprint density at radius 3 is 2.64 bits per heavy atom. The summed E-state index contributed by atoms with van der Waals surface area (Å²) in [7, 11) is 0. The minimum absolute atomic E-state index is 0.0746. The van der Waals surface area contributed by atoms with Crippen molar-refractivity contribution in [2.45, 2.75) is 0 Å². The Morgan fingerprint density at radius 1 is 1.21 bits per heavy atom. The lowest BCUT2D eigenvalue weighted by Gasteiger charge is -2.02. The van der Waals surface area contributed by atoms with E-state index in [-0.39, 0.29) is 11.3 Å². The monoisotopic (exact) mass is 212 g/mol. The second kappa shape index (κ2) is 3.34. The van der Waals surface area contributed by atoms with Crippen LogP contribution < -0.4 is 5.73 Å². The maximum atomic E-state index is 13.3. The molecular formula is C9H6F2N2S. The highest BCUT2D eigenvalue weighted by molar-refractivity contribution is 7.07. The first-order chi connectivity index (χ1) is 6.68. The molecule has 0 saturated heterocycles. The van der Waals surface area contributed by atoms with Gasteiger partial charge in [-0.05, 0) is 6.07 Å². The van der Waals surface area contributed by atoms with E-state index >= 15 is 0 Å². The first-order valence-corrected chi connectivity index (χ1v) is 4.76. The van der Waals surface area contributed by atoms with Crippen LogP contribution in [0.2, 0.25) is 0 Å². The molecule has 0 aliphatic rings. The van der Waals surface area contributed by atoms with Crippen LogP contribution in [0.5, 0.6) is 0 Å². The molecular weight excluding hydrogens is 206 g/mol. The van der Waals surface area contributed by atoms with Crippen LogP contribution in [0.3, 0.4) is 0 Å². The lowest BCUT2D eigenvalue weighted by atomic mass is 10.1. The second-order valence-electron chi connectivity index (χ2n) is 2.73. The maximum absolute atomic E-state index is 13.3. The number of hydrogen-bond donors (Lipinski definition) is 1.